The number of rotatable bonds is 11. The Bertz CT molecular complexity index is 304. The minimum atomic E-state index is -0.876. The van der Waals surface area contributed by atoms with Gasteiger partial charge in [0.25, 0.3) is 0 Å². The second-order valence-electron chi connectivity index (χ2n) is 6.26. The maximum atomic E-state index is 12.0. The van der Waals surface area contributed by atoms with Gasteiger partial charge >= 0.3 is 12.0 Å². The molecule has 0 fully saturated rings. The van der Waals surface area contributed by atoms with Crippen LogP contribution >= 0.6 is 0 Å². The molecule has 0 aliphatic rings. The second-order valence-corrected chi connectivity index (χ2v) is 6.26. The number of aliphatic carboxylic acids is 1. The van der Waals surface area contributed by atoms with Crippen molar-refractivity contribution in [1.82, 2.24) is 10.2 Å². The summed E-state index contributed by atoms with van der Waals surface area (Å²) in [6.07, 6.45) is 5.82. The molecule has 0 heterocycles. The maximum absolute atomic E-state index is 12.0. The van der Waals surface area contributed by atoms with Gasteiger partial charge in [-0.15, -0.1) is 0 Å². The average Bonchev–Trinajstić information content (AvgIpc) is 2.36. The minimum absolute atomic E-state index is 0.00962. The third kappa shape index (κ3) is 11.1. The number of nitrogens with zero attached hydrogens (tertiary/aromatic N) is 1. The molecule has 0 aromatic heterocycles. The van der Waals surface area contributed by atoms with E-state index in [0.717, 1.165) is 18.8 Å². The number of carboxylic acid groups (broad SMARTS) is 1. The van der Waals surface area contributed by atoms with Gasteiger partial charge in [-0.05, 0) is 26.2 Å². The van der Waals surface area contributed by atoms with Crippen molar-refractivity contribution in [3.63, 3.8) is 0 Å². The smallest absolute Gasteiger partial charge is 0.317 e. The molecule has 0 spiro atoms. The molecular formula is C16H32N2O3. The minimum Gasteiger partial charge on any atom is -0.481 e. The van der Waals surface area contributed by atoms with Crippen LogP contribution in [0.2, 0.25) is 0 Å². The summed E-state index contributed by atoms with van der Waals surface area (Å²) < 4.78 is 0. The van der Waals surface area contributed by atoms with Crippen molar-refractivity contribution in [2.75, 3.05) is 13.1 Å². The van der Waals surface area contributed by atoms with E-state index in [-0.39, 0.29) is 25.0 Å². The Morgan fingerprint density at radius 1 is 1.05 bits per heavy atom. The fraction of sp³-hybridized carbons (Fsp3) is 0.875. The maximum Gasteiger partial charge on any atom is 0.317 e. The molecule has 0 atom stereocenters. The molecule has 2 amide bonds. The van der Waals surface area contributed by atoms with Crippen molar-refractivity contribution in [1.29, 1.82) is 0 Å². The SMILES string of the molecule is CC(C)CCCCCCNC(=O)N(CCC(=O)O)C(C)C. The zero-order valence-electron chi connectivity index (χ0n) is 14.0. The number of carbonyl (C=O) groups excluding carboxylic acids is 1. The van der Waals surface area contributed by atoms with Gasteiger partial charge in [0.2, 0.25) is 0 Å². The number of hydrogen-bond donors (Lipinski definition) is 2. The van der Waals surface area contributed by atoms with Crippen LogP contribution in [-0.4, -0.2) is 41.1 Å². The molecule has 2 N–H and O–H groups in total. The van der Waals surface area contributed by atoms with Gasteiger partial charge in [0, 0.05) is 19.1 Å². The lowest BCUT2D eigenvalue weighted by atomic mass is 10.0. The molecule has 0 aliphatic heterocycles. The van der Waals surface area contributed by atoms with Crippen molar-refractivity contribution in [2.45, 2.75) is 72.3 Å². The molecular weight excluding hydrogens is 268 g/mol. The van der Waals surface area contributed by atoms with E-state index < -0.39 is 5.97 Å². The van der Waals surface area contributed by atoms with Crippen molar-refractivity contribution < 1.29 is 14.7 Å². The standard InChI is InChI=1S/C16H32N2O3/c1-13(2)9-7-5-6-8-11-17-16(21)18(14(3)4)12-10-15(19)20/h13-14H,5-12H2,1-4H3,(H,17,21)(H,19,20). The topological polar surface area (TPSA) is 69.6 Å². The summed E-state index contributed by atoms with van der Waals surface area (Å²) >= 11 is 0. The van der Waals surface area contributed by atoms with Gasteiger partial charge in [-0.25, -0.2) is 4.79 Å². The highest BCUT2D eigenvalue weighted by atomic mass is 16.4. The van der Waals surface area contributed by atoms with Gasteiger partial charge in [0.1, 0.15) is 0 Å². The lowest BCUT2D eigenvalue weighted by Gasteiger charge is -2.26. The molecule has 0 aliphatic carbocycles. The zero-order valence-corrected chi connectivity index (χ0v) is 14.0. The Morgan fingerprint density at radius 3 is 2.19 bits per heavy atom. The monoisotopic (exact) mass is 300 g/mol. The summed E-state index contributed by atoms with van der Waals surface area (Å²) in [4.78, 5) is 24.2. The summed E-state index contributed by atoms with van der Waals surface area (Å²) in [5.74, 6) is -0.114. The number of nitrogens with one attached hydrogen (secondary N) is 1. The molecule has 0 rings (SSSR count). The van der Waals surface area contributed by atoms with Crippen LogP contribution < -0.4 is 5.32 Å². The first-order chi connectivity index (χ1) is 9.84. The van der Waals surface area contributed by atoms with Crippen molar-refractivity contribution in [3.05, 3.63) is 0 Å². The molecule has 5 heteroatoms. The molecule has 21 heavy (non-hydrogen) atoms. The largest absolute Gasteiger partial charge is 0.481 e. The Kier molecular flexibility index (Phi) is 10.7. The number of amides is 2. The molecule has 5 nitrogen and oxygen atoms in total. The van der Waals surface area contributed by atoms with Crippen molar-refractivity contribution in [2.24, 2.45) is 5.92 Å². The average molecular weight is 300 g/mol. The zero-order chi connectivity index (χ0) is 16.3. The molecule has 124 valence electrons. The molecule has 0 aromatic rings. The van der Waals surface area contributed by atoms with Gasteiger partial charge in [-0.2, -0.15) is 0 Å². The fourth-order valence-corrected chi connectivity index (χ4v) is 2.14. The summed E-state index contributed by atoms with van der Waals surface area (Å²) in [7, 11) is 0. The quantitative estimate of drug-likeness (QED) is 0.574. The van der Waals surface area contributed by atoms with Crippen LogP contribution in [-0.2, 0) is 4.79 Å². The van der Waals surface area contributed by atoms with Crippen LogP contribution in [0.1, 0.15) is 66.2 Å². The highest BCUT2D eigenvalue weighted by molar-refractivity contribution is 5.75. The van der Waals surface area contributed by atoms with Gasteiger partial charge in [0.05, 0.1) is 6.42 Å². The highest BCUT2D eigenvalue weighted by Crippen LogP contribution is 2.09. The summed E-state index contributed by atoms with van der Waals surface area (Å²) in [5.41, 5.74) is 0. The summed E-state index contributed by atoms with van der Waals surface area (Å²) in [5, 5.41) is 11.6. The van der Waals surface area contributed by atoms with E-state index in [4.69, 9.17) is 5.11 Å². The number of urea groups is 1. The van der Waals surface area contributed by atoms with Crippen molar-refractivity contribution in [3.8, 4) is 0 Å². The third-order valence-electron chi connectivity index (χ3n) is 3.44. The van der Waals surface area contributed by atoms with Crippen molar-refractivity contribution >= 4 is 12.0 Å². The van der Waals surface area contributed by atoms with Gasteiger partial charge in [-0.3, -0.25) is 4.79 Å². The first-order valence-corrected chi connectivity index (χ1v) is 8.10. The first-order valence-electron chi connectivity index (χ1n) is 8.10. The second kappa shape index (κ2) is 11.4. The Hall–Kier alpha value is -1.26. The molecule has 0 saturated heterocycles. The van der Waals surface area contributed by atoms with Crippen LogP contribution in [0, 0.1) is 5.92 Å². The molecule has 0 saturated carbocycles. The lowest BCUT2D eigenvalue weighted by Crippen LogP contribution is -2.45. The van der Waals surface area contributed by atoms with E-state index in [1.165, 1.54) is 19.3 Å². The predicted molar refractivity (Wildman–Crippen MR) is 85.4 cm³/mol. The van der Waals surface area contributed by atoms with Crippen LogP contribution in [0.3, 0.4) is 0 Å². The first kappa shape index (κ1) is 19.7. The van der Waals surface area contributed by atoms with E-state index in [0.29, 0.717) is 6.54 Å². The highest BCUT2D eigenvalue weighted by Gasteiger charge is 2.17. The molecule has 0 bridgehead atoms. The number of hydrogen-bond acceptors (Lipinski definition) is 2. The number of unbranched alkanes of at least 4 members (excludes halogenated alkanes) is 3. The van der Waals surface area contributed by atoms with Gasteiger partial charge in [0.15, 0.2) is 0 Å². The van der Waals surface area contributed by atoms with E-state index >= 15 is 0 Å². The summed E-state index contributed by atoms with van der Waals surface area (Å²) in [6.45, 7) is 9.18. The van der Waals surface area contributed by atoms with Crippen LogP contribution in [0.25, 0.3) is 0 Å². The molecule has 0 unspecified atom stereocenters. The lowest BCUT2D eigenvalue weighted by molar-refractivity contribution is -0.137. The Balaban J connectivity index is 3.80. The Morgan fingerprint density at radius 2 is 1.67 bits per heavy atom. The predicted octanol–water partition coefficient (Wildman–Crippen LogP) is 3.49. The normalized spacial score (nSPS) is 11.0. The molecule has 0 radical (unpaired) electrons. The van der Waals surface area contributed by atoms with E-state index in [1.807, 2.05) is 13.8 Å². The third-order valence-corrected chi connectivity index (χ3v) is 3.44. The van der Waals surface area contributed by atoms with Crippen LogP contribution in [0.15, 0.2) is 0 Å². The number of carbonyl (C=O) groups is 2. The van der Waals surface area contributed by atoms with Crippen LogP contribution in [0.4, 0.5) is 4.79 Å². The molecule has 0 aromatic carbocycles. The van der Waals surface area contributed by atoms with Crippen LogP contribution in [0.5, 0.6) is 0 Å². The van der Waals surface area contributed by atoms with E-state index in [1.54, 1.807) is 4.90 Å². The number of carboxylic acids is 1. The van der Waals surface area contributed by atoms with E-state index in [2.05, 4.69) is 19.2 Å². The Labute approximate surface area is 129 Å². The van der Waals surface area contributed by atoms with E-state index in [9.17, 15) is 9.59 Å². The van der Waals surface area contributed by atoms with Gasteiger partial charge in [-0.1, -0.05) is 39.5 Å². The summed E-state index contributed by atoms with van der Waals surface area (Å²) in [6, 6.07) is -0.149. The van der Waals surface area contributed by atoms with Gasteiger partial charge < -0.3 is 15.3 Å². The fourth-order valence-electron chi connectivity index (χ4n) is 2.14.